The number of piperidine rings is 1. The van der Waals surface area contributed by atoms with E-state index in [0.29, 0.717) is 32.5 Å². The summed E-state index contributed by atoms with van der Waals surface area (Å²) in [6.45, 7) is 6.08. The fraction of sp³-hybridized carbons (Fsp3) is 0.435. The number of hydrogen-bond donors (Lipinski definition) is 0. The third kappa shape index (κ3) is 3.48. The topological polar surface area (TPSA) is 58.4 Å². The maximum Gasteiger partial charge on any atom is 0.245 e. The second kappa shape index (κ2) is 7.85. The van der Waals surface area contributed by atoms with Gasteiger partial charge in [0.2, 0.25) is 11.8 Å². The van der Waals surface area contributed by atoms with Crippen LogP contribution >= 0.6 is 0 Å². The summed E-state index contributed by atoms with van der Waals surface area (Å²) in [4.78, 5) is 29.8. The molecule has 3 heterocycles. The van der Waals surface area contributed by atoms with Crippen molar-refractivity contribution in [3.63, 3.8) is 0 Å². The van der Waals surface area contributed by atoms with Crippen LogP contribution in [0.25, 0.3) is 0 Å². The molecule has 6 nitrogen and oxygen atoms in total. The minimum absolute atomic E-state index is 0.0612. The second-order valence-electron chi connectivity index (χ2n) is 8.05. The number of likely N-dealkylation sites (tertiary alicyclic amines) is 1. The molecule has 1 aromatic carbocycles. The number of aryl methyl sites for hydroxylation is 1. The molecule has 0 spiro atoms. The van der Waals surface area contributed by atoms with E-state index in [1.807, 2.05) is 41.0 Å². The van der Waals surface area contributed by atoms with Crippen molar-refractivity contribution >= 4 is 11.8 Å². The van der Waals surface area contributed by atoms with E-state index in [-0.39, 0.29) is 11.8 Å². The van der Waals surface area contributed by atoms with Crippen molar-refractivity contribution in [3.8, 4) is 0 Å². The Morgan fingerprint density at radius 2 is 1.83 bits per heavy atom. The molecule has 0 saturated carbocycles. The molecule has 152 valence electrons. The molecule has 0 radical (unpaired) electrons. The number of aromatic nitrogens is 2. The lowest BCUT2D eigenvalue weighted by Gasteiger charge is -2.43. The van der Waals surface area contributed by atoms with E-state index in [0.717, 1.165) is 30.5 Å². The molecule has 2 aromatic rings. The smallest absolute Gasteiger partial charge is 0.245 e. The molecule has 0 N–H and O–H groups in total. The number of nitrogens with zero attached hydrogens (tertiary/aromatic N) is 4. The third-order valence-electron chi connectivity index (χ3n) is 6.48. The zero-order valence-electron chi connectivity index (χ0n) is 17.0. The van der Waals surface area contributed by atoms with E-state index in [1.165, 1.54) is 11.8 Å². The number of fused-ring (bicyclic) bond motifs is 1. The summed E-state index contributed by atoms with van der Waals surface area (Å²) in [5.74, 6) is 0.111. The minimum atomic E-state index is -0.591. The summed E-state index contributed by atoms with van der Waals surface area (Å²) in [5.41, 5.74) is 2.82. The minimum Gasteiger partial charge on any atom is -0.339 e. The predicted octanol–water partition coefficient (Wildman–Crippen LogP) is 2.44. The van der Waals surface area contributed by atoms with Gasteiger partial charge in [-0.1, -0.05) is 36.9 Å². The fourth-order valence-electron chi connectivity index (χ4n) is 4.78. The van der Waals surface area contributed by atoms with Gasteiger partial charge in [-0.2, -0.15) is 5.10 Å². The van der Waals surface area contributed by atoms with E-state index >= 15 is 0 Å². The molecule has 2 aliphatic heterocycles. The number of carbonyl (C=O) groups is 2. The molecule has 2 amide bonds. The van der Waals surface area contributed by atoms with Crippen molar-refractivity contribution in [2.45, 2.75) is 37.6 Å². The lowest BCUT2D eigenvalue weighted by atomic mass is 9.71. The number of rotatable bonds is 3. The average molecular weight is 393 g/mol. The molecule has 6 heteroatoms. The highest BCUT2D eigenvalue weighted by Gasteiger charge is 2.45. The van der Waals surface area contributed by atoms with Gasteiger partial charge in [0.25, 0.3) is 0 Å². The molecule has 0 aliphatic carbocycles. The largest absolute Gasteiger partial charge is 0.339 e. The summed E-state index contributed by atoms with van der Waals surface area (Å²) in [6, 6.07) is 10.1. The summed E-state index contributed by atoms with van der Waals surface area (Å²) < 4.78 is 1.93. The predicted molar refractivity (Wildman–Crippen MR) is 111 cm³/mol. The summed E-state index contributed by atoms with van der Waals surface area (Å²) in [6.07, 6.45) is 6.38. The lowest BCUT2D eigenvalue weighted by Crippen LogP contribution is -2.53. The molecular weight excluding hydrogens is 364 g/mol. The van der Waals surface area contributed by atoms with Gasteiger partial charge < -0.3 is 9.80 Å². The van der Waals surface area contributed by atoms with Gasteiger partial charge in [0.1, 0.15) is 0 Å². The lowest BCUT2D eigenvalue weighted by molar-refractivity contribution is -0.142. The van der Waals surface area contributed by atoms with E-state index in [4.69, 9.17) is 0 Å². The van der Waals surface area contributed by atoms with Crippen molar-refractivity contribution in [1.29, 1.82) is 0 Å². The third-order valence-corrected chi connectivity index (χ3v) is 6.48. The summed E-state index contributed by atoms with van der Waals surface area (Å²) in [7, 11) is 1.97. The zero-order valence-corrected chi connectivity index (χ0v) is 17.0. The highest BCUT2D eigenvalue weighted by Crippen LogP contribution is 2.38. The molecule has 1 aromatic heterocycles. The van der Waals surface area contributed by atoms with Crippen LogP contribution in [0.4, 0.5) is 0 Å². The molecule has 1 fully saturated rings. The first kappa shape index (κ1) is 19.4. The average Bonchev–Trinajstić information content (AvgIpc) is 2.98. The van der Waals surface area contributed by atoms with E-state index in [1.54, 1.807) is 4.90 Å². The molecule has 29 heavy (non-hydrogen) atoms. The van der Waals surface area contributed by atoms with E-state index in [2.05, 4.69) is 23.8 Å². The zero-order chi connectivity index (χ0) is 20.4. The molecule has 0 bridgehead atoms. The first-order valence-corrected chi connectivity index (χ1v) is 10.3. The maximum atomic E-state index is 14.0. The Balaban J connectivity index is 1.64. The number of benzene rings is 1. The van der Waals surface area contributed by atoms with Crippen LogP contribution in [0, 0.1) is 0 Å². The highest BCUT2D eigenvalue weighted by molar-refractivity contribution is 5.90. The van der Waals surface area contributed by atoms with Crippen LogP contribution in [0.5, 0.6) is 0 Å². The first-order chi connectivity index (χ1) is 14.0. The van der Waals surface area contributed by atoms with Crippen LogP contribution in [-0.2, 0) is 35.0 Å². The molecule has 2 aliphatic rings. The fourth-order valence-corrected chi connectivity index (χ4v) is 4.78. The second-order valence-corrected chi connectivity index (χ2v) is 8.05. The van der Waals surface area contributed by atoms with Gasteiger partial charge in [0.15, 0.2) is 0 Å². The Morgan fingerprint density at radius 1 is 1.10 bits per heavy atom. The molecule has 0 atom stereocenters. The van der Waals surface area contributed by atoms with Crippen molar-refractivity contribution in [2.24, 2.45) is 7.05 Å². The number of carbonyl (C=O) groups excluding carboxylic acids is 2. The Labute approximate surface area is 171 Å². The van der Waals surface area contributed by atoms with Crippen LogP contribution in [0.1, 0.15) is 36.1 Å². The first-order valence-electron chi connectivity index (χ1n) is 10.3. The van der Waals surface area contributed by atoms with Gasteiger partial charge >= 0.3 is 0 Å². The van der Waals surface area contributed by atoms with Crippen molar-refractivity contribution < 1.29 is 9.59 Å². The monoisotopic (exact) mass is 392 g/mol. The van der Waals surface area contributed by atoms with Gasteiger partial charge in [-0.05, 0) is 37.3 Å². The molecule has 4 rings (SSSR count). The van der Waals surface area contributed by atoms with Gasteiger partial charge in [-0.25, -0.2) is 0 Å². The normalized spacial score (nSPS) is 18.7. The van der Waals surface area contributed by atoms with Gasteiger partial charge in [0, 0.05) is 44.5 Å². The van der Waals surface area contributed by atoms with Crippen LogP contribution in [0.3, 0.4) is 0 Å². The standard InChI is InChI=1S/C23H28N4O2/c1-3-21(28)26-14-11-23(12-15-26,19-8-5-4-6-9-19)22(29)27-13-7-10-20-18(17-27)16-24-25(20)2/h3-6,8-9,16H,1,7,10-15,17H2,2H3. The molecule has 1 saturated heterocycles. The molecule has 0 unspecified atom stereocenters. The Bertz CT molecular complexity index is 910. The Hall–Kier alpha value is -2.89. The highest BCUT2D eigenvalue weighted by atomic mass is 16.2. The maximum absolute atomic E-state index is 14.0. The molecular formula is C23H28N4O2. The van der Waals surface area contributed by atoms with Crippen LogP contribution in [-0.4, -0.2) is 51.0 Å². The van der Waals surface area contributed by atoms with E-state index in [9.17, 15) is 9.59 Å². The van der Waals surface area contributed by atoms with Crippen molar-refractivity contribution in [3.05, 3.63) is 66.0 Å². The van der Waals surface area contributed by atoms with Crippen molar-refractivity contribution in [1.82, 2.24) is 19.6 Å². The van der Waals surface area contributed by atoms with Crippen LogP contribution in [0.2, 0.25) is 0 Å². The SMILES string of the molecule is C=CC(=O)N1CCC(C(=O)N2CCCc3c(cnn3C)C2)(c2ccccc2)CC1. The number of amides is 2. The Morgan fingerprint density at radius 3 is 2.52 bits per heavy atom. The Kier molecular flexibility index (Phi) is 5.26. The van der Waals surface area contributed by atoms with Crippen molar-refractivity contribution in [2.75, 3.05) is 19.6 Å². The van der Waals surface area contributed by atoms with Gasteiger partial charge in [0.05, 0.1) is 11.6 Å². The van der Waals surface area contributed by atoms with Crippen LogP contribution < -0.4 is 0 Å². The number of hydrogen-bond acceptors (Lipinski definition) is 3. The van der Waals surface area contributed by atoms with E-state index < -0.39 is 5.41 Å². The van der Waals surface area contributed by atoms with Gasteiger partial charge in [-0.15, -0.1) is 0 Å². The van der Waals surface area contributed by atoms with Crippen LogP contribution in [0.15, 0.2) is 49.2 Å². The summed E-state index contributed by atoms with van der Waals surface area (Å²) in [5, 5.41) is 4.39. The summed E-state index contributed by atoms with van der Waals surface area (Å²) >= 11 is 0. The quantitative estimate of drug-likeness (QED) is 0.754. The van der Waals surface area contributed by atoms with Gasteiger partial charge in [-0.3, -0.25) is 14.3 Å².